The van der Waals surface area contributed by atoms with Crippen molar-refractivity contribution < 1.29 is 24.2 Å². The van der Waals surface area contributed by atoms with E-state index in [4.69, 9.17) is 0 Å². The van der Waals surface area contributed by atoms with E-state index >= 15 is 0 Å². The van der Waals surface area contributed by atoms with Gasteiger partial charge in [-0.1, -0.05) is 19.4 Å². The average Bonchev–Trinajstić information content (AvgIpc) is 3.15. The summed E-state index contributed by atoms with van der Waals surface area (Å²) in [6, 6.07) is 5.54. The van der Waals surface area contributed by atoms with Crippen LogP contribution in [0.15, 0.2) is 53.7 Å². The van der Waals surface area contributed by atoms with Crippen LogP contribution in [0.4, 0.5) is 30.9 Å². The summed E-state index contributed by atoms with van der Waals surface area (Å²) in [5.74, 6) is 0.0886. The number of fused-ring (bicyclic) bond motifs is 1. The van der Waals surface area contributed by atoms with Crippen molar-refractivity contribution in [2.45, 2.75) is 17.9 Å². The first kappa shape index (κ1) is 21.1. The number of halogens is 5. The highest BCUT2D eigenvalue weighted by atomic mass is 32.5. The van der Waals surface area contributed by atoms with E-state index in [0.717, 1.165) is 12.1 Å². The summed E-state index contributed by atoms with van der Waals surface area (Å²) in [7, 11) is -8.09. The normalized spacial score (nSPS) is 18.9. The van der Waals surface area contributed by atoms with Gasteiger partial charge in [0.25, 0.3) is 5.91 Å². The summed E-state index contributed by atoms with van der Waals surface area (Å²) in [4.78, 5) is 16.7. The van der Waals surface area contributed by atoms with Crippen LogP contribution in [-0.4, -0.2) is 34.3 Å². The van der Waals surface area contributed by atoms with Crippen LogP contribution in [0.1, 0.15) is 23.5 Å². The maximum Gasteiger partial charge on any atom is 0.310 e. The Morgan fingerprint density at radius 3 is 2.39 bits per heavy atom. The largest absolute Gasteiger partial charge is 0.373 e. The van der Waals surface area contributed by atoms with Crippen molar-refractivity contribution in [1.29, 1.82) is 0 Å². The van der Waals surface area contributed by atoms with Crippen LogP contribution in [0.5, 0.6) is 0 Å². The minimum atomic E-state index is -9.79. The van der Waals surface area contributed by atoms with E-state index < -0.39 is 21.0 Å². The number of hydrogen-bond donors (Lipinski definition) is 1. The summed E-state index contributed by atoms with van der Waals surface area (Å²) < 4.78 is 66.6. The Hall–Kier alpha value is -3.15. The van der Waals surface area contributed by atoms with Crippen molar-refractivity contribution in [2.75, 3.05) is 23.8 Å². The zero-order chi connectivity index (χ0) is 22.7. The number of carbonyl (C=O) groups excluding carboxylic acids is 1. The maximum absolute atomic E-state index is 13.3. The Morgan fingerprint density at radius 1 is 1.10 bits per heavy atom. The predicted molar refractivity (Wildman–Crippen MR) is 109 cm³/mol. The molecule has 3 heterocycles. The monoisotopic (exact) mass is 459 g/mol. The van der Waals surface area contributed by atoms with Gasteiger partial charge in [0.05, 0.1) is 12.2 Å². The number of carbonyl (C=O) groups is 1. The predicted octanol–water partition coefficient (Wildman–Crippen LogP) is 5.87. The number of nitrogens with one attached hydrogen (secondary N) is 1. The van der Waals surface area contributed by atoms with Gasteiger partial charge in [-0.15, -0.1) is 0 Å². The lowest BCUT2D eigenvalue weighted by Gasteiger charge is -2.40. The molecule has 166 valence electrons. The number of nitrogens with zero attached hydrogens (tertiary/aromatic N) is 4. The van der Waals surface area contributed by atoms with Gasteiger partial charge in [0.1, 0.15) is 16.4 Å². The third kappa shape index (κ3) is 3.82. The van der Waals surface area contributed by atoms with Crippen molar-refractivity contribution in [2.24, 2.45) is 0 Å². The zero-order valence-electron chi connectivity index (χ0n) is 16.4. The van der Waals surface area contributed by atoms with E-state index in [9.17, 15) is 24.2 Å². The zero-order valence-corrected chi connectivity index (χ0v) is 17.2. The van der Waals surface area contributed by atoms with Crippen LogP contribution in [0.3, 0.4) is 0 Å². The van der Waals surface area contributed by atoms with Gasteiger partial charge in [0.2, 0.25) is 0 Å². The van der Waals surface area contributed by atoms with Gasteiger partial charge in [-0.3, -0.25) is 9.48 Å². The fourth-order valence-corrected chi connectivity index (χ4v) is 4.16. The van der Waals surface area contributed by atoms with E-state index in [1.165, 1.54) is 4.90 Å². The molecule has 1 unspecified atom stereocenters. The second-order valence-electron chi connectivity index (χ2n) is 7.26. The minimum absolute atomic E-state index is 0.0893. The molecule has 1 amide bonds. The molecule has 0 fully saturated rings. The van der Waals surface area contributed by atoms with Crippen LogP contribution in [0.25, 0.3) is 11.1 Å². The van der Waals surface area contributed by atoms with Crippen LogP contribution < -0.4 is 10.2 Å². The molecule has 1 aliphatic heterocycles. The van der Waals surface area contributed by atoms with E-state index in [-0.39, 0.29) is 24.0 Å². The number of pyridine rings is 1. The van der Waals surface area contributed by atoms with E-state index in [2.05, 4.69) is 15.4 Å². The molecule has 3 aromatic rings. The molecular weight excluding hydrogens is 441 g/mol. The maximum atomic E-state index is 13.3. The molecule has 31 heavy (non-hydrogen) atoms. The fraction of sp³-hybridized carbons (Fsp3) is 0.211. The number of amides is 1. The molecule has 1 aliphatic rings. The summed E-state index contributed by atoms with van der Waals surface area (Å²) in [5.41, 5.74) is 1.55. The topological polar surface area (TPSA) is 63.1 Å². The first-order valence-corrected chi connectivity index (χ1v) is 11.1. The second-order valence-corrected chi connectivity index (χ2v) is 9.67. The SMILES string of the molecule is CNc1cc(-c2cnn3c2C(=O)N(c2ccc(S(F)(F)(F)(F)F)cc2)CC3C)ccn1. The van der Waals surface area contributed by atoms with Crippen molar-refractivity contribution in [1.82, 2.24) is 14.8 Å². The molecule has 0 radical (unpaired) electrons. The average molecular weight is 459 g/mol. The Bertz CT molecular complexity index is 1180. The van der Waals surface area contributed by atoms with Gasteiger partial charge in [-0.05, 0) is 48.9 Å². The minimum Gasteiger partial charge on any atom is -0.373 e. The van der Waals surface area contributed by atoms with Gasteiger partial charge in [-0.25, -0.2) is 4.98 Å². The summed E-state index contributed by atoms with van der Waals surface area (Å²) in [5, 5.41) is 7.20. The van der Waals surface area contributed by atoms with Crippen molar-refractivity contribution >= 4 is 27.6 Å². The van der Waals surface area contributed by atoms with E-state index in [0.29, 0.717) is 29.1 Å². The second kappa shape index (κ2) is 6.19. The number of aromatic nitrogens is 3. The summed E-state index contributed by atoms with van der Waals surface area (Å²) >= 11 is 0. The molecule has 0 spiro atoms. The molecule has 0 bridgehead atoms. The van der Waals surface area contributed by atoms with Gasteiger partial charge >= 0.3 is 10.2 Å². The first-order valence-electron chi connectivity index (χ1n) is 9.16. The third-order valence-electron chi connectivity index (χ3n) is 5.03. The Kier molecular flexibility index (Phi) is 4.21. The Labute approximate surface area is 174 Å². The van der Waals surface area contributed by atoms with Crippen LogP contribution >= 0.6 is 10.2 Å². The van der Waals surface area contributed by atoms with Gasteiger partial charge < -0.3 is 10.2 Å². The molecule has 2 aromatic heterocycles. The van der Waals surface area contributed by atoms with Crippen molar-refractivity contribution in [3.05, 3.63) is 54.5 Å². The van der Waals surface area contributed by atoms with E-state index in [1.807, 2.05) is 0 Å². The number of benzene rings is 1. The van der Waals surface area contributed by atoms with Gasteiger partial charge in [0.15, 0.2) is 0 Å². The molecule has 1 atom stereocenters. The molecule has 0 aliphatic carbocycles. The number of hydrogen-bond acceptors (Lipinski definition) is 4. The fourth-order valence-electron chi connectivity index (χ4n) is 3.51. The highest BCUT2D eigenvalue weighted by molar-refractivity contribution is 8.45. The van der Waals surface area contributed by atoms with Gasteiger partial charge in [-0.2, -0.15) is 5.10 Å². The standard InChI is InChI=1S/C19H18F5N5OS/c1-12-11-28(14-3-5-15(6-4-14)31(20,21,22,23)24)19(30)18-16(10-27-29(12)18)13-7-8-26-17(9-13)25-2/h3-10,12H,11H2,1-2H3,(H,25,26). The molecule has 0 saturated carbocycles. The molecule has 0 saturated heterocycles. The Morgan fingerprint density at radius 2 is 1.77 bits per heavy atom. The highest BCUT2D eigenvalue weighted by Crippen LogP contribution is 3.02. The molecule has 1 N–H and O–H groups in total. The smallest absolute Gasteiger partial charge is 0.310 e. The van der Waals surface area contributed by atoms with Gasteiger partial charge in [0, 0.05) is 31.0 Å². The van der Waals surface area contributed by atoms with Crippen molar-refractivity contribution in [3.8, 4) is 11.1 Å². The number of anilines is 2. The lowest BCUT2D eigenvalue weighted by Crippen LogP contribution is -2.42. The van der Waals surface area contributed by atoms with Crippen LogP contribution in [-0.2, 0) is 0 Å². The Balaban J connectivity index is 1.75. The van der Waals surface area contributed by atoms with Crippen LogP contribution in [0, 0.1) is 0 Å². The molecule has 12 heteroatoms. The highest BCUT2D eigenvalue weighted by Gasteiger charge is 2.65. The van der Waals surface area contributed by atoms with Crippen LogP contribution in [0.2, 0.25) is 0 Å². The third-order valence-corrected chi connectivity index (χ3v) is 6.19. The summed E-state index contributed by atoms with van der Waals surface area (Å²) in [6.07, 6.45) is 3.11. The lowest BCUT2D eigenvalue weighted by molar-refractivity contribution is 0.0954. The van der Waals surface area contributed by atoms with Crippen molar-refractivity contribution in [3.63, 3.8) is 0 Å². The molecule has 1 aromatic carbocycles. The first-order chi connectivity index (χ1) is 14.3. The summed E-state index contributed by atoms with van der Waals surface area (Å²) in [6.45, 7) is 1.93. The molecule has 4 rings (SSSR count). The van der Waals surface area contributed by atoms with E-state index in [1.54, 1.807) is 43.2 Å². The quantitative estimate of drug-likeness (QED) is 0.496. The molecular formula is C19H18F5N5OS. The lowest BCUT2D eigenvalue weighted by atomic mass is 10.0. The number of rotatable bonds is 4. The molecule has 6 nitrogen and oxygen atoms in total.